The number of aromatic nitrogens is 2. The summed E-state index contributed by atoms with van der Waals surface area (Å²) < 4.78 is 1.80. The van der Waals surface area contributed by atoms with E-state index < -0.39 is 0 Å². The van der Waals surface area contributed by atoms with E-state index in [0.29, 0.717) is 24.0 Å². The first kappa shape index (κ1) is 18.2. The van der Waals surface area contributed by atoms with Crippen molar-refractivity contribution in [3.63, 3.8) is 0 Å². The summed E-state index contributed by atoms with van der Waals surface area (Å²) in [6.45, 7) is 4.66. The predicted octanol–water partition coefficient (Wildman–Crippen LogP) is 2.47. The highest BCUT2D eigenvalue weighted by atomic mass is 16.2. The van der Waals surface area contributed by atoms with Gasteiger partial charge in [-0.2, -0.15) is 5.10 Å². The fraction of sp³-hybridized carbons (Fsp3) is 0.571. The highest BCUT2D eigenvalue weighted by Gasteiger charge is 2.39. The number of fused-ring (bicyclic) bond motifs is 3. The van der Waals surface area contributed by atoms with E-state index in [1.54, 1.807) is 4.68 Å². The second kappa shape index (κ2) is 7.08. The summed E-state index contributed by atoms with van der Waals surface area (Å²) in [4.78, 5) is 28.4. The van der Waals surface area contributed by atoms with Crippen LogP contribution in [0.5, 0.6) is 0 Å². The number of aryl methyl sites for hydroxylation is 2. The third kappa shape index (κ3) is 3.16. The molecule has 1 amide bonds. The van der Waals surface area contributed by atoms with Gasteiger partial charge in [0.1, 0.15) is 0 Å². The maximum atomic E-state index is 13.0. The molecule has 6 nitrogen and oxygen atoms in total. The second-order valence-electron chi connectivity index (χ2n) is 8.06. The topological polar surface area (TPSA) is 67.2 Å². The highest BCUT2D eigenvalue weighted by molar-refractivity contribution is 5.96. The lowest BCUT2D eigenvalue weighted by Gasteiger charge is -2.36. The van der Waals surface area contributed by atoms with E-state index in [2.05, 4.69) is 29.3 Å². The molecular formula is C21H28N4O2. The third-order valence-electron chi connectivity index (χ3n) is 6.28. The Morgan fingerprint density at radius 3 is 2.63 bits per heavy atom. The van der Waals surface area contributed by atoms with Crippen LogP contribution >= 0.6 is 0 Å². The number of hydrogen-bond acceptors (Lipinski definition) is 4. The normalized spacial score (nSPS) is 25.1. The van der Waals surface area contributed by atoms with Gasteiger partial charge < -0.3 is 10.2 Å². The lowest BCUT2D eigenvalue weighted by molar-refractivity contribution is 0.0874. The van der Waals surface area contributed by atoms with E-state index >= 15 is 0 Å². The van der Waals surface area contributed by atoms with Gasteiger partial charge in [-0.15, -0.1) is 0 Å². The van der Waals surface area contributed by atoms with Crippen LogP contribution in [0.1, 0.15) is 55.1 Å². The largest absolute Gasteiger partial charge is 0.348 e. The van der Waals surface area contributed by atoms with E-state index in [0.717, 1.165) is 30.3 Å². The molecule has 2 aromatic rings. The summed E-state index contributed by atoms with van der Waals surface area (Å²) in [6, 6.07) is 6.95. The lowest BCUT2D eigenvalue weighted by Crippen LogP contribution is -2.49. The number of carbonyl (C=O) groups is 1. The molecule has 144 valence electrons. The van der Waals surface area contributed by atoms with Crippen LogP contribution in [0.3, 0.4) is 0 Å². The minimum Gasteiger partial charge on any atom is -0.348 e. The molecule has 0 saturated carbocycles. The molecule has 0 aliphatic carbocycles. The summed E-state index contributed by atoms with van der Waals surface area (Å²) in [7, 11) is 2.18. The molecule has 27 heavy (non-hydrogen) atoms. The molecule has 4 rings (SSSR count). The zero-order valence-electron chi connectivity index (χ0n) is 16.4. The molecule has 6 heteroatoms. The number of benzene rings is 1. The molecule has 0 spiro atoms. The number of rotatable bonds is 4. The number of carbonyl (C=O) groups excluding carboxylic acids is 1. The van der Waals surface area contributed by atoms with Crippen LogP contribution < -0.4 is 10.7 Å². The minimum atomic E-state index is -0.330. The molecule has 2 bridgehead atoms. The van der Waals surface area contributed by atoms with Crippen LogP contribution in [0.15, 0.2) is 23.0 Å². The summed E-state index contributed by atoms with van der Waals surface area (Å²) in [5.74, 6) is -0.330. The Labute approximate surface area is 159 Å². The van der Waals surface area contributed by atoms with Crippen molar-refractivity contribution in [1.82, 2.24) is 20.0 Å². The van der Waals surface area contributed by atoms with E-state index in [1.165, 1.54) is 12.8 Å². The van der Waals surface area contributed by atoms with E-state index in [-0.39, 0.29) is 23.1 Å². The van der Waals surface area contributed by atoms with Gasteiger partial charge in [0.05, 0.1) is 10.9 Å². The molecule has 2 saturated heterocycles. The SMILES string of the molecule is CCCn1nc(C(=O)NC2C[C@H]3CC[C@@H](C2)N3C)c(=O)c2c(C)cccc21. The fourth-order valence-electron chi connectivity index (χ4n) is 4.82. The quantitative estimate of drug-likeness (QED) is 0.900. The Morgan fingerprint density at radius 2 is 1.96 bits per heavy atom. The maximum absolute atomic E-state index is 13.0. The maximum Gasteiger partial charge on any atom is 0.276 e. The van der Waals surface area contributed by atoms with Gasteiger partial charge in [0.15, 0.2) is 5.69 Å². The smallest absolute Gasteiger partial charge is 0.276 e. The standard InChI is InChI=1S/C21H28N4O2/c1-4-10-25-17-7-5-6-13(2)18(17)20(26)19(23-25)21(27)22-14-11-15-8-9-16(12-14)24(15)3/h5-7,14-16H,4,8-12H2,1-3H3,(H,22,27)/t14?,15-,16+. The fourth-order valence-corrected chi connectivity index (χ4v) is 4.82. The van der Waals surface area contributed by atoms with Gasteiger partial charge in [0.2, 0.25) is 5.43 Å². The molecule has 3 heterocycles. The van der Waals surface area contributed by atoms with Gasteiger partial charge in [-0.25, -0.2) is 0 Å². The molecule has 2 fully saturated rings. The van der Waals surface area contributed by atoms with Crippen LogP contribution in [0.4, 0.5) is 0 Å². The number of amides is 1. The lowest BCUT2D eigenvalue weighted by atomic mass is 9.98. The number of nitrogens with zero attached hydrogens (tertiary/aromatic N) is 3. The summed E-state index contributed by atoms with van der Waals surface area (Å²) in [5, 5.41) is 8.16. The van der Waals surface area contributed by atoms with Crippen LogP contribution in [-0.4, -0.2) is 45.8 Å². The van der Waals surface area contributed by atoms with E-state index in [9.17, 15) is 9.59 Å². The molecule has 1 aromatic heterocycles. The van der Waals surface area contributed by atoms with Crippen molar-refractivity contribution in [2.24, 2.45) is 0 Å². The van der Waals surface area contributed by atoms with Crippen LogP contribution in [-0.2, 0) is 6.54 Å². The average Bonchev–Trinajstić information content (AvgIpc) is 2.85. The van der Waals surface area contributed by atoms with Crippen molar-refractivity contribution in [1.29, 1.82) is 0 Å². The molecule has 2 aliphatic heterocycles. The van der Waals surface area contributed by atoms with Crippen molar-refractivity contribution in [2.75, 3.05) is 7.05 Å². The number of hydrogen-bond donors (Lipinski definition) is 1. The average molecular weight is 368 g/mol. The molecule has 1 aromatic carbocycles. The highest BCUT2D eigenvalue weighted by Crippen LogP contribution is 2.34. The van der Waals surface area contributed by atoms with Crippen molar-refractivity contribution >= 4 is 16.8 Å². The van der Waals surface area contributed by atoms with Gasteiger partial charge in [-0.1, -0.05) is 19.1 Å². The van der Waals surface area contributed by atoms with Crippen molar-refractivity contribution in [3.05, 3.63) is 39.7 Å². The Morgan fingerprint density at radius 1 is 1.26 bits per heavy atom. The van der Waals surface area contributed by atoms with Crippen LogP contribution in [0.25, 0.3) is 10.9 Å². The Bertz CT molecular complexity index is 922. The predicted molar refractivity (Wildman–Crippen MR) is 106 cm³/mol. The van der Waals surface area contributed by atoms with Crippen molar-refractivity contribution in [3.8, 4) is 0 Å². The van der Waals surface area contributed by atoms with Crippen molar-refractivity contribution in [2.45, 2.75) is 70.6 Å². The summed E-state index contributed by atoms with van der Waals surface area (Å²) >= 11 is 0. The van der Waals surface area contributed by atoms with Gasteiger partial charge in [-0.05, 0) is 57.7 Å². The minimum absolute atomic E-state index is 0.0246. The van der Waals surface area contributed by atoms with Gasteiger partial charge in [0, 0.05) is 24.7 Å². The summed E-state index contributed by atoms with van der Waals surface area (Å²) in [5.41, 5.74) is 1.45. The van der Waals surface area contributed by atoms with Crippen molar-refractivity contribution < 1.29 is 4.79 Å². The number of piperidine rings is 1. The Balaban J connectivity index is 1.67. The monoisotopic (exact) mass is 368 g/mol. The first-order chi connectivity index (χ1) is 13.0. The molecular weight excluding hydrogens is 340 g/mol. The number of nitrogens with one attached hydrogen (secondary N) is 1. The molecule has 1 N–H and O–H groups in total. The van der Waals surface area contributed by atoms with Crippen LogP contribution in [0, 0.1) is 6.92 Å². The van der Waals surface area contributed by atoms with E-state index in [4.69, 9.17) is 0 Å². The second-order valence-corrected chi connectivity index (χ2v) is 8.06. The summed E-state index contributed by atoms with van der Waals surface area (Å²) in [6.07, 6.45) is 5.19. The zero-order valence-corrected chi connectivity index (χ0v) is 16.4. The van der Waals surface area contributed by atoms with Gasteiger partial charge in [-0.3, -0.25) is 14.3 Å². The Hall–Kier alpha value is -2.21. The van der Waals surface area contributed by atoms with Gasteiger partial charge >= 0.3 is 0 Å². The first-order valence-corrected chi connectivity index (χ1v) is 10.0. The van der Waals surface area contributed by atoms with E-state index in [1.807, 2.05) is 25.1 Å². The van der Waals surface area contributed by atoms with Crippen LogP contribution in [0.2, 0.25) is 0 Å². The Kier molecular flexibility index (Phi) is 4.76. The first-order valence-electron chi connectivity index (χ1n) is 10.0. The molecule has 3 atom stereocenters. The molecule has 0 radical (unpaired) electrons. The molecule has 1 unspecified atom stereocenters. The molecule has 2 aliphatic rings. The third-order valence-corrected chi connectivity index (χ3v) is 6.28. The van der Waals surface area contributed by atoms with Gasteiger partial charge in [0.25, 0.3) is 5.91 Å². The zero-order chi connectivity index (χ0) is 19.1.